The van der Waals surface area contributed by atoms with Crippen LogP contribution >= 0.6 is 11.6 Å². The van der Waals surface area contributed by atoms with Gasteiger partial charge in [0.15, 0.2) is 0 Å². The first kappa shape index (κ1) is 8.25. The van der Waals surface area contributed by atoms with Gasteiger partial charge < -0.3 is 5.11 Å². The molecule has 0 aliphatic carbocycles. The highest BCUT2D eigenvalue weighted by Crippen LogP contribution is 2.04. The van der Waals surface area contributed by atoms with Crippen LogP contribution in [0, 0.1) is 0 Å². The summed E-state index contributed by atoms with van der Waals surface area (Å²) in [6, 6.07) is 0. The zero-order valence-corrected chi connectivity index (χ0v) is 5.99. The van der Waals surface area contributed by atoms with Crippen LogP contribution in [-0.4, -0.2) is 17.1 Å². The van der Waals surface area contributed by atoms with E-state index < -0.39 is 0 Å². The summed E-state index contributed by atoms with van der Waals surface area (Å²) >= 11 is 5.63. The Labute approximate surface area is 55.7 Å². The number of halogens is 1. The molecule has 0 aliphatic rings. The average Bonchev–Trinajstić information content (AvgIpc) is 1.66. The molecule has 0 spiro atoms. The second-order valence-electron chi connectivity index (χ2n) is 2.00. The maximum absolute atomic E-state index is 8.34. The fraction of sp³-hybridized carbons (Fsp3) is 1.00. The molecule has 0 saturated heterocycles. The van der Waals surface area contributed by atoms with Crippen molar-refractivity contribution in [2.24, 2.45) is 0 Å². The highest BCUT2D eigenvalue weighted by Gasteiger charge is 1.93. The lowest BCUT2D eigenvalue weighted by atomic mass is 10.2. The number of alkyl halides is 1. The third-order valence-corrected chi connectivity index (χ3v) is 1.23. The number of rotatable bonds is 4. The van der Waals surface area contributed by atoms with Crippen molar-refractivity contribution in [3.05, 3.63) is 0 Å². The molecule has 0 amide bonds. The molecule has 0 rings (SSSR count). The predicted octanol–water partition coefficient (Wildman–Crippen LogP) is 1.78. The Morgan fingerprint density at radius 3 is 2.50 bits per heavy atom. The molecular formula is C6H13ClO. The molecule has 0 aromatic heterocycles. The Hall–Kier alpha value is 0.250. The highest BCUT2D eigenvalue weighted by molar-refractivity contribution is 6.20. The van der Waals surface area contributed by atoms with E-state index in [2.05, 4.69) is 0 Å². The summed E-state index contributed by atoms with van der Waals surface area (Å²) in [4.78, 5) is 0. The molecule has 2 heteroatoms. The van der Waals surface area contributed by atoms with Crippen molar-refractivity contribution in [2.75, 3.05) is 6.61 Å². The van der Waals surface area contributed by atoms with E-state index in [1.54, 1.807) is 0 Å². The SMILES string of the molecule is CC(Cl)CCCCO. The fourth-order valence-corrected chi connectivity index (χ4v) is 0.692. The summed E-state index contributed by atoms with van der Waals surface area (Å²) in [5, 5.41) is 8.60. The van der Waals surface area contributed by atoms with E-state index in [9.17, 15) is 0 Å². The Bertz CT molecular complexity index is 45.8. The van der Waals surface area contributed by atoms with Crippen LogP contribution in [0.5, 0.6) is 0 Å². The van der Waals surface area contributed by atoms with Crippen LogP contribution in [0.3, 0.4) is 0 Å². The van der Waals surface area contributed by atoms with Gasteiger partial charge in [-0.15, -0.1) is 11.6 Å². The topological polar surface area (TPSA) is 20.2 Å². The highest BCUT2D eigenvalue weighted by atomic mass is 35.5. The number of unbranched alkanes of at least 4 members (excludes halogenated alkanes) is 1. The van der Waals surface area contributed by atoms with E-state index in [4.69, 9.17) is 16.7 Å². The Morgan fingerprint density at radius 2 is 2.12 bits per heavy atom. The van der Waals surface area contributed by atoms with Gasteiger partial charge >= 0.3 is 0 Å². The minimum atomic E-state index is 0.265. The first-order chi connectivity index (χ1) is 3.77. The molecule has 0 aromatic rings. The molecule has 50 valence electrons. The first-order valence-electron chi connectivity index (χ1n) is 3.02. The Kier molecular flexibility index (Phi) is 5.56. The number of hydrogen-bond donors (Lipinski definition) is 1. The van der Waals surface area contributed by atoms with Crippen molar-refractivity contribution in [1.82, 2.24) is 0 Å². The molecule has 0 radical (unpaired) electrons. The molecule has 1 unspecified atom stereocenters. The molecule has 0 aromatic carbocycles. The molecule has 0 bridgehead atoms. The third kappa shape index (κ3) is 6.25. The molecule has 8 heavy (non-hydrogen) atoms. The van der Waals surface area contributed by atoms with Gasteiger partial charge in [0.1, 0.15) is 0 Å². The molecule has 0 heterocycles. The summed E-state index contributed by atoms with van der Waals surface area (Å²) in [6.07, 6.45) is 2.94. The average molecular weight is 137 g/mol. The standard InChI is InChI=1S/C6H13ClO/c1-6(7)4-2-3-5-8/h6,8H,2-5H2,1H3. The lowest BCUT2D eigenvalue weighted by Gasteiger charge is -1.98. The van der Waals surface area contributed by atoms with Gasteiger partial charge in [0.2, 0.25) is 0 Å². The normalized spacial score (nSPS) is 13.9. The van der Waals surface area contributed by atoms with Crippen molar-refractivity contribution < 1.29 is 5.11 Å². The van der Waals surface area contributed by atoms with E-state index in [-0.39, 0.29) is 5.38 Å². The zero-order chi connectivity index (χ0) is 6.41. The molecular weight excluding hydrogens is 124 g/mol. The van der Waals surface area contributed by atoms with Crippen molar-refractivity contribution in [2.45, 2.75) is 31.6 Å². The van der Waals surface area contributed by atoms with Crippen LogP contribution in [0.4, 0.5) is 0 Å². The fourth-order valence-electron chi connectivity index (χ4n) is 0.537. The summed E-state index contributed by atoms with van der Waals surface area (Å²) in [5.41, 5.74) is 0. The molecule has 0 saturated carbocycles. The van der Waals surface area contributed by atoms with Crippen molar-refractivity contribution >= 4 is 11.6 Å². The molecule has 1 nitrogen and oxygen atoms in total. The number of aliphatic hydroxyl groups is 1. The molecule has 0 fully saturated rings. The van der Waals surface area contributed by atoms with Gasteiger partial charge in [-0.2, -0.15) is 0 Å². The Balaban J connectivity index is 2.72. The number of hydrogen-bond acceptors (Lipinski definition) is 1. The smallest absolute Gasteiger partial charge is 0.0431 e. The number of aliphatic hydroxyl groups excluding tert-OH is 1. The lowest BCUT2D eigenvalue weighted by Crippen LogP contribution is -1.91. The second kappa shape index (κ2) is 5.39. The maximum atomic E-state index is 8.34. The van der Waals surface area contributed by atoms with Gasteiger partial charge in [0.05, 0.1) is 0 Å². The van der Waals surface area contributed by atoms with Gasteiger partial charge in [-0.3, -0.25) is 0 Å². The maximum Gasteiger partial charge on any atom is 0.0431 e. The van der Waals surface area contributed by atoms with Gasteiger partial charge in [-0.05, 0) is 26.2 Å². The van der Waals surface area contributed by atoms with E-state index in [0.29, 0.717) is 6.61 Å². The minimum Gasteiger partial charge on any atom is -0.396 e. The van der Waals surface area contributed by atoms with Gasteiger partial charge in [0.25, 0.3) is 0 Å². The second-order valence-corrected chi connectivity index (χ2v) is 2.75. The first-order valence-corrected chi connectivity index (χ1v) is 3.46. The van der Waals surface area contributed by atoms with E-state index in [0.717, 1.165) is 19.3 Å². The lowest BCUT2D eigenvalue weighted by molar-refractivity contribution is 0.283. The van der Waals surface area contributed by atoms with Gasteiger partial charge in [-0.25, -0.2) is 0 Å². The minimum absolute atomic E-state index is 0.265. The predicted molar refractivity (Wildman–Crippen MR) is 36.3 cm³/mol. The molecule has 1 N–H and O–H groups in total. The van der Waals surface area contributed by atoms with Crippen LogP contribution in [-0.2, 0) is 0 Å². The Morgan fingerprint density at radius 1 is 1.50 bits per heavy atom. The van der Waals surface area contributed by atoms with E-state index >= 15 is 0 Å². The van der Waals surface area contributed by atoms with Crippen molar-refractivity contribution in [3.8, 4) is 0 Å². The third-order valence-electron chi connectivity index (χ3n) is 1.01. The van der Waals surface area contributed by atoms with Crippen molar-refractivity contribution in [3.63, 3.8) is 0 Å². The van der Waals surface area contributed by atoms with Crippen LogP contribution in [0.2, 0.25) is 0 Å². The largest absolute Gasteiger partial charge is 0.396 e. The zero-order valence-electron chi connectivity index (χ0n) is 5.23. The van der Waals surface area contributed by atoms with E-state index in [1.807, 2.05) is 6.92 Å². The van der Waals surface area contributed by atoms with Gasteiger partial charge in [-0.1, -0.05) is 0 Å². The van der Waals surface area contributed by atoms with Crippen LogP contribution < -0.4 is 0 Å². The van der Waals surface area contributed by atoms with Gasteiger partial charge in [0, 0.05) is 12.0 Å². The summed E-state index contributed by atoms with van der Waals surface area (Å²) < 4.78 is 0. The van der Waals surface area contributed by atoms with Crippen LogP contribution in [0.1, 0.15) is 26.2 Å². The summed E-state index contributed by atoms with van der Waals surface area (Å²) in [7, 11) is 0. The van der Waals surface area contributed by atoms with E-state index in [1.165, 1.54) is 0 Å². The molecule has 1 atom stereocenters. The molecule has 0 aliphatic heterocycles. The quantitative estimate of drug-likeness (QED) is 0.462. The van der Waals surface area contributed by atoms with Crippen LogP contribution in [0.25, 0.3) is 0 Å². The van der Waals surface area contributed by atoms with Crippen LogP contribution in [0.15, 0.2) is 0 Å². The van der Waals surface area contributed by atoms with Crippen molar-refractivity contribution in [1.29, 1.82) is 0 Å². The monoisotopic (exact) mass is 136 g/mol. The summed E-state index contributed by atoms with van der Waals surface area (Å²) in [6.45, 7) is 2.27. The summed E-state index contributed by atoms with van der Waals surface area (Å²) in [5.74, 6) is 0.